The molecule has 0 aliphatic carbocycles. The van der Waals surface area contributed by atoms with Crippen LogP contribution in [0.1, 0.15) is 9.75 Å². The summed E-state index contributed by atoms with van der Waals surface area (Å²) in [4.78, 5) is 30.8. The number of thiazole rings is 1. The second-order valence-electron chi connectivity index (χ2n) is 5.23. The monoisotopic (exact) mass is 423 g/mol. The van der Waals surface area contributed by atoms with Crippen LogP contribution in [0.5, 0.6) is 0 Å². The molecule has 0 fully saturated rings. The Morgan fingerprint density at radius 2 is 2.17 bits per heavy atom. The normalized spacial score (nSPS) is 10.8. The Morgan fingerprint density at radius 1 is 1.38 bits per heavy atom. The Bertz CT molecular complexity index is 958. The maximum absolute atomic E-state index is 12.1. The number of nitrogens with one attached hydrogen (secondary N) is 1. The molecule has 1 N–H and O–H groups in total. The van der Waals surface area contributed by atoms with Crippen LogP contribution >= 0.6 is 38.6 Å². The molecule has 0 aliphatic heterocycles. The Morgan fingerprint density at radius 3 is 2.88 bits per heavy atom. The lowest BCUT2D eigenvalue weighted by atomic mass is 10.2. The standard InChI is InChI=1S/C16H14BrN3O2S2/c1-9-5-12(10(2)24-9)13-8-23-16(18-13)19-14(21)7-20-6-11(17)3-4-15(20)22/h3-6,8H,7H2,1-2H3,(H,18,19,21). The predicted octanol–water partition coefficient (Wildman–Crippen LogP) is 4.05. The molecule has 0 aromatic carbocycles. The largest absolute Gasteiger partial charge is 0.305 e. The number of aromatic nitrogens is 2. The first kappa shape index (κ1) is 17.1. The molecule has 0 saturated carbocycles. The van der Waals surface area contributed by atoms with E-state index in [4.69, 9.17) is 0 Å². The summed E-state index contributed by atoms with van der Waals surface area (Å²) in [6.07, 6.45) is 1.59. The zero-order chi connectivity index (χ0) is 17.3. The van der Waals surface area contributed by atoms with Crippen LogP contribution in [0.3, 0.4) is 0 Å². The number of anilines is 1. The van der Waals surface area contributed by atoms with Crippen molar-refractivity contribution in [2.24, 2.45) is 0 Å². The van der Waals surface area contributed by atoms with Gasteiger partial charge in [-0.2, -0.15) is 0 Å². The fourth-order valence-electron chi connectivity index (χ4n) is 2.28. The molecule has 8 heteroatoms. The number of nitrogens with zero attached hydrogens (tertiary/aromatic N) is 2. The molecular weight excluding hydrogens is 410 g/mol. The van der Waals surface area contributed by atoms with Crippen LogP contribution in [-0.2, 0) is 11.3 Å². The minimum Gasteiger partial charge on any atom is -0.305 e. The number of thiophene rings is 1. The maximum atomic E-state index is 12.1. The van der Waals surface area contributed by atoms with Crippen LogP contribution in [0, 0.1) is 13.8 Å². The first-order valence-corrected chi connectivity index (χ1v) is 9.60. The fraction of sp³-hybridized carbons (Fsp3) is 0.188. The van der Waals surface area contributed by atoms with Gasteiger partial charge in [0.05, 0.1) is 5.69 Å². The summed E-state index contributed by atoms with van der Waals surface area (Å²) in [5.74, 6) is -0.283. The van der Waals surface area contributed by atoms with Crippen LogP contribution in [0.15, 0.2) is 39.0 Å². The van der Waals surface area contributed by atoms with Crippen molar-refractivity contribution in [3.05, 3.63) is 54.4 Å². The minimum absolute atomic E-state index is 0.0518. The van der Waals surface area contributed by atoms with Crippen molar-refractivity contribution in [2.45, 2.75) is 20.4 Å². The van der Waals surface area contributed by atoms with Crippen LogP contribution in [0.25, 0.3) is 11.3 Å². The highest BCUT2D eigenvalue weighted by Gasteiger charge is 2.12. The number of rotatable bonds is 4. The molecule has 24 heavy (non-hydrogen) atoms. The summed E-state index contributed by atoms with van der Waals surface area (Å²) in [5.41, 5.74) is 1.73. The van der Waals surface area contributed by atoms with Gasteiger partial charge in [0.25, 0.3) is 5.56 Å². The van der Waals surface area contributed by atoms with E-state index in [0.29, 0.717) is 5.13 Å². The summed E-state index contributed by atoms with van der Waals surface area (Å²) in [5, 5.41) is 5.21. The summed E-state index contributed by atoms with van der Waals surface area (Å²) in [6, 6.07) is 5.16. The van der Waals surface area contributed by atoms with Gasteiger partial charge < -0.3 is 9.88 Å². The van der Waals surface area contributed by atoms with Crippen molar-refractivity contribution in [3.63, 3.8) is 0 Å². The molecule has 5 nitrogen and oxygen atoms in total. The van der Waals surface area contributed by atoms with Crippen LogP contribution < -0.4 is 10.9 Å². The molecule has 3 heterocycles. The molecule has 1 amide bonds. The van der Waals surface area contributed by atoms with E-state index in [9.17, 15) is 9.59 Å². The number of aryl methyl sites for hydroxylation is 2. The molecule has 0 atom stereocenters. The van der Waals surface area contributed by atoms with Gasteiger partial charge in [0.1, 0.15) is 6.54 Å². The SMILES string of the molecule is Cc1cc(-c2csc(NC(=O)Cn3cc(Br)ccc3=O)n2)c(C)s1. The Hall–Kier alpha value is -1.77. The predicted molar refractivity (Wildman–Crippen MR) is 102 cm³/mol. The van der Waals surface area contributed by atoms with E-state index in [0.717, 1.165) is 15.7 Å². The van der Waals surface area contributed by atoms with Crippen LogP contribution in [0.4, 0.5) is 5.13 Å². The smallest absolute Gasteiger partial charge is 0.251 e. The van der Waals surface area contributed by atoms with E-state index < -0.39 is 0 Å². The molecule has 0 spiro atoms. The van der Waals surface area contributed by atoms with E-state index in [1.54, 1.807) is 23.6 Å². The van der Waals surface area contributed by atoms with Gasteiger partial charge in [-0.15, -0.1) is 22.7 Å². The number of pyridine rings is 1. The Kier molecular flexibility index (Phi) is 4.98. The molecule has 0 saturated heterocycles. The third-order valence-electron chi connectivity index (χ3n) is 3.33. The quantitative estimate of drug-likeness (QED) is 0.687. The topological polar surface area (TPSA) is 64.0 Å². The van der Waals surface area contributed by atoms with Gasteiger partial charge in [0, 0.05) is 37.4 Å². The maximum Gasteiger partial charge on any atom is 0.251 e. The number of carbonyl (C=O) groups is 1. The molecule has 0 bridgehead atoms. The number of carbonyl (C=O) groups excluding carboxylic acids is 1. The van der Waals surface area contributed by atoms with Crippen molar-refractivity contribution >= 4 is 49.6 Å². The fourth-order valence-corrected chi connectivity index (χ4v) is 4.32. The van der Waals surface area contributed by atoms with Gasteiger partial charge in [-0.3, -0.25) is 9.59 Å². The van der Waals surface area contributed by atoms with Crippen molar-refractivity contribution in [1.82, 2.24) is 9.55 Å². The van der Waals surface area contributed by atoms with E-state index in [2.05, 4.69) is 46.1 Å². The molecule has 3 rings (SSSR count). The van der Waals surface area contributed by atoms with E-state index in [-0.39, 0.29) is 18.0 Å². The van der Waals surface area contributed by atoms with Crippen molar-refractivity contribution in [3.8, 4) is 11.3 Å². The number of hydrogen-bond donors (Lipinski definition) is 1. The number of amides is 1. The lowest BCUT2D eigenvalue weighted by Gasteiger charge is -2.05. The van der Waals surface area contributed by atoms with Gasteiger partial charge in [-0.1, -0.05) is 0 Å². The summed E-state index contributed by atoms with van der Waals surface area (Å²) in [7, 11) is 0. The van der Waals surface area contributed by atoms with Gasteiger partial charge in [0.2, 0.25) is 5.91 Å². The van der Waals surface area contributed by atoms with E-state index in [1.165, 1.54) is 31.7 Å². The highest BCUT2D eigenvalue weighted by atomic mass is 79.9. The molecule has 0 aliphatic rings. The molecule has 3 aromatic heterocycles. The molecule has 0 unspecified atom stereocenters. The summed E-state index contributed by atoms with van der Waals surface area (Å²) in [6.45, 7) is 4.07. The van der Waals surface area contributed by atoms with Crippen molar-refractivity contribution in [2.75, 3.05) is 5.32 Å². The lowest BCUT2D eigenvalue weighted by Crippen LogP contribution is -2.26. The highest BCUT2D eigenvalue weighted by molar-refractivity contribution is 9.10. The average Bonchev–Trinajstić information content (AvgIpc) is 3.09. The van der Waals surface area contributed by atoms with Gasteiger partial charge in [-0.05, 0) is 41.9 Å². The molecule has 124 valence electrons. The summed E-state index contributed by atoms with van der Waals surface area (Å²) < 4.78 is 2.09. The minimum atomic E-state index is -0.283. The first-order chi connectivity index (χ1) is 11.4. The Balaban J connectivity index is 1.73. The van der Waals surface area contributed by atoms with Gasteiger partial charge in [0.15, 0.2) is 5.13 Å². The van der Waals surface area contributed by atoms with Crippen LogP contribution in [0.2, 0.25) is 0 Å². The zero-order valence-corrected chi connectivity index (χ0v) is 16.2. The van der Waals surface area contributed by atoms with Crippen molar-refractivity contribution in [1.29, 1.82) is 0 Å². The Labute approximate surface area is 155 Å². The molecular formula is C16H14BrN3O2S2. The van der Waals surface area contributed by atoms with Crippen LogP contribution in [-0.4, -0.2) is 15.5 Å². The first-order valence-electron chi connectivity index (χ1n) is 7.11. The van der Waals surface area contributed by atoms with E-state index >= 15 is 0 Å². The number of hydrogen-bond acceptors (Lipinski definition) is 5. The lowest BCUT2D eigenvalue weighted by molar-refractivity contribution is -0.116. The second kappa shape index (κ2) is 7.00. The number of halogens is 1. The summed E-state index contributed by atoms with van der Waals surface area (Å²) >= 11 is 6.39. The molecule has 0 radical (unpaired) electrons. The molecule has 3 aromatic rings. The van der Waals surface area contributed by atoms with Gasteiger partial charge in [-0.25, -0.2) is 4.98 Å². The third kappa shape index (κ3) is 3.82. The third-order valence-corrected chi connectivity index (χ3v) is 5.52. The zero-order valence-electron chi connectivity index (χ0n) is 13.0. The average molecular weight is 424 g/mol. The highest BCUT2D eigenvalue weighted by Crippen LogP contribution is 2.32. The van der Waals surface area contributed by atoms with Gasteiger partial charge >= 0.3 is 0 Å². The second-order valence-corrected chi connectivity index (χ2v) is 8.46. The van der Waals surface area contributed by atoms with Crippen molar-refractivity contribution < 1.29 is 4.79 Å². The van der Waals surface area contributed by atoms with E-state index in [1.807, 2.05) is 5.38 Å².